The molecular weight excluding hydrogens is 425 g/mol. The number of halogens is 2. The van der Waals surface area contributed by atoms with Crippen molar-refractivity contribution in [3.05, 3.63) is 54.0 Å². The van der Waals surface area contributed by atoms with Crippen LogP contribution in [-0.2, 0) is 9.59 Å². The lowest BCUT2D eigenvalue weighted by Crippen LogP contribution is -2.68. The largest absolute Gasteiger partial charge is 0.477 e. The minimum absolute atomic E-state index is 0. The number of carbonyl (C=O) groups is 2. The summed E-state index contributed by atoms with van der Waals surface area (Å²) < 4.78 is 1.82. The van der Waals surface area contributed by atoms with Crippen molar-refractivity contribution in [1.29, 1.82) is 0 Å². The summed E-state index contributed by atoms with van der Waals surface area (Å²) in [6.07, 6.45) is 5.27. The second-order valence-electron chi connectivity index (χ2n) is 5.98. The first-order valence-electron chi connectivity index (χ1n) is 8.07. The number of amides is 1. The molecule has 0 saturated carbocycles. The Kier molecular flexibility index (Phi) is 7.00. The summed E-state index contributed by atoms with van der Waals surface area (Å²) in [5.74, 6) is -0.939. The number of hydrogen-bond acceptors (Lipinski definition) is 6. The zero-order chi connectivity index (χ0) is 18.3. The molecule has 1 amide bonds. The lowest BCUT2D eigenvalue weighted by atomic mass is 10.0. The van der Waals surface area contributed by atoms with Crippen LogP contribution in [0.5, 0.6) is 0 Å². The standard InChI is InChI=1S/C17H17N5O3S.2ClH/c18-13-15(23)22-14(17(24)25)10(8-26-16(13)22)4-3-7-20-21-9-19-11-5-1-2-6-12(11)21;;/h1-6,9,13,16,20H,7-8,18H2,(H,24,25);2*1H/b4-3+;;/t13-,16-;;/m1../s1. The van der Waals surface area contributed by atoms with Crippen molar-refractivity contribution in [2.45, 2.75) is 11.4 Å². The number of β-lactam (4-membered cyclic amide) rings is 1. The van der Waals surface area contributed by atoms with Gasteiger partial charge in [-0.05, 0) is 17.7 Å². The number of carboxylic acids is 1. The van der Waals surface area contributed by atoms with Gasteiger partial charge in [-0.3, -0.25) is 9.69 Å². The third-order valence-corrected chi connectivity index (χ3v) is 5.72. The molecule has 8 nitrogen and oxygen atoms in total. The Hall–Kier alpha value is -2.20. The molecule has 3 heterocycles. The maximum Gasteiger partial charge on any atom is 0.352 e. The fourth-order valence-corrected chi connectivity index (χ4v) is 4.37. The van der Waals surface area contributed by atoms with E-state index < -0.39 is 12.0 Å². The second kappa shape index (κ2) is 8.87. The van der Waals surface area contributed by atoms with E-state index in [2.05, 4.69) is 10.4 Å². The van der Waals surface area contributed by atoms with Crippen LogP contribution in [-0.4, -0.2) is 55.3 Å². The molecule has 1 saturated heterocycles. The molecule has 0 aliphatic carbocycles. The summed E-state index contributed by atoms with van der Waals surface area (Å²) in [6.45, 7) is 0.484. The number of rotatable bonds is 5. The molecule has 11 heteroatoms. The summed E-state index contributed by atoms with van der Waals surface area (Å²) in [5.41, 5.74) is 11.4. The Morgan fingerprint density at radius 1 is 1.39 bits per heavy atom. The lowest BCUT2D eigenvalue weighted by Gasteiger charge is -2.47. The Bertz CT molecular complexity index is 961. The molecule has 150 valence electrons. The quantitative estimate of drug-likeness (QED) is 0.600. The van der Waals surface area contributed by atoms with Crippen molar-refractivity contribution in [1.82, 2.24) is 14.6 Å². The molecule has 0 spiro atoms. The number of fused-ring (bicyclic) bond motifs is 2. The zero-order valence-corrected chi connectivity index (χ0v) is 17.0. The molecule has 1 fully saturated rings. The van der Waals surface area contributed by atoms with Gasteiger partial charge >= 0.3 is 5.97 Å². The van der Waals surface area contributed by atoms with Gasteiger partial charge in [0.1, 0.15) is 23.4 Å². The summed E-state index contributed by atoms with van der Waals surface area (Å²) in [6, 6.07) is 7.14. The SMILES string of the molecule is Cl.Cl.N[C@@H]1C(=O)N2C(C(=O)O)=C(/C=C/CNn3cnc4ccccc43)CS[C@H]12. The molecule has 0 bridgehead atoms. The summed E-state index contributed by atoms with van der Waals surface area (Å²) >= 11 is 1.48. The minimum atomic E-state index is -1.11. The van der Waals surface area contributed by atoms with Gasteiger partial charge in [0.2, 0.25) is 5.91 Å². The maximum absolute atomic E-state index is 11.9. The first-order chi connectivity index (χ1) is 12.6. The molecule has 2 atom stereocenters. The van der Waals surface area contributed by atoms with E-state index >= 15 is 0 Å². The van der Waals surface area contributed by atoms with Gasteiger partial charge in [-0.2, -0.15) is 0 Å². The Morgan fingerprint density at radius 2 is 2.14 bits per heavy atom. The van der Waals surface area contributed by atoms with Crippen LogP contribution in [0.1, 0.15) is 0 Å². The number of hydrogen-bond donors (Lipinski definition) is 3. The fourth-order valence-electron chi connectivity index (χ4n) is 3.11. The van der Waals surface area contributed by atoms with Crippen molar-refractivity contribution in [2.24, 2.45) is 5.73 Å². The van der Waals surface area contributed by atoms with Crippen LogP contribution in [0.4, 0.5) is 0 Å². The number of allylic oxidation sites excluding steroid dienone is 1. The number of carboxylic acid groups (broad SMARTS) is 1. The highest BCUT2D eigenvalue weighted by Crippen LogP contribution is 2.39. The van der Waals surface area contributed by atoms with Crippen molar-refractivity contribution in [2.75, 3.05) is 17.7 Å². The Morgan fingerprint density at radius 3 is 2.89 bits per heavy atom. The minimum Gasteiger partial charge on any atom is -0.477 e. The number of nitrogens with two attached hydrogens (primary N) is 1. The normalized spacial score (nSPS) is 21.0. The average Bonchev–Trinajstić information content (AvgIpc) is 3.07. The van der Waals surface area contributed by atoms with Gasteiger partial charge in [-0.15, -0.1) is 36.6 Å². The van der Waals surface area contributed by atoms with Gasteiger partial charge in [0.05, 0.1) is 11.0 Å². The van der Waals surface area contributed by atoms with Crippen molar-refractivity contribution < 1.29 is 14.7 Å². The predicted octanol–water partition coefficient (Wildman–Crippen LogP) is 1.56. The van der Waals surface area contributed by atoms with Crippen LogP contribution in [0.2, 0.25) is 0 Å². The number of imidazole rings is 1. The topological polar surface area (TPSA) is 113 Å². The molecule has 4 rings (SSSR count). The molecule has 2 aliphatic rings. The highest BCUT2D eigenvalue weighted by Gasteiger charge is 2.51. The summed E-state index contributed by atoms with van der Waals surface area (Å²) in [5, 5.41) is 9.22. The van der Waals surface area contributed by atoms with Crippen LogP contribution < -0.4 is 11.2 Å². The van der Waals surface area contributed by atoms with Gasteiger partial charge in [-0.25, -0.2) is 14.5 Å². The van der Waals surface area contributed by atoms with Gasteiger partial charge < -0.3 is 16.3 Å². The summed E-state index contributed by atoms with van der Waals surface area (Å²) in [7, 11) is 0. The molecule has 0 radical (unpaired) electrons. The van der Waals surface area contributed by atoms with Crippen LogP contribution in [0.3, 0.4) is 0 Å². The highest BCUT2D eigenvalue weighted by molar-refractivity contribution is 8.00. The monoisotopic (exact) mass is 443 g/mol. The number of nitrogens with zero attached hydrogens (tertiary/aromatic N) is 3. The smallest absolute Gasteiger partial charge is 0.352 e. The molecule has 28 heavy (non-hydrogen) atoms. The summed E-state index contributed by atoms with van der Waals surface area (Å²) in [4.78, 5) is 29.1. The maximum atomic E-state index is 11.9. The number of thioether (sulfide) groups is 1. The average molecular weight is 444 g/mol. The third kappa shape index (κ3) is 3.70. The van der Waals surface area contributed by atoms with Crippen molar-refractivity contribution in [3.8, 4) is 0 Å². The van der Waals surface area contributed by atoms with Crippen molar-refractivity contribution >= 4 is 59.5 Å². The molecule has 1 aromatic carbocycles. The first kappa shape index (κ1) is 22.1. The van der Waals surface area contributed by atoms with Crippen LogP contribution >= 0.6 is 36.6 Å². The van der Waals surface area contributed by atoms with E-state index in [9.17, 15) is 14.7 Å². The molecule has 2 aliphatic heterocycles. The lowest BCUT2D eigenvalue weighted by molar-refractivity contribution is -0.147. The number of aliphatic carboxylic acids is 1. The van der Waals surface area contributed by atoms with E-state index in [0.29, 0.717) is 17.9 Å². The van der Waals surface area contributed by atoms with E-state index in [1.54, 1.807) is 12.4 Å². The van der Waals surface area contributed by atoms with E-state index in [1.165, 1.54) is 16.7 Å². The highest BCUT2D eigenvalue weighted by atomic mass is 35.5. The van der Waals surface area contributed by atoms with Crippen LogP contribution in [0, 0.1) is 0 Å². The molecular formula is C17H19Cl2N5O3S. The van der Waals surface area contributed by atoms with Gasteiger partial charge in [0, 0.05) is 12.3 Å². The third-order valence-electron chi connectivity index (χ3n) is 4.39. The Balaban J connectivity index is 0.00000140. The fraction of sp³-hybridized carbons (Fsp3) is 0.235. The van der Waals surface area contributed by atoms with E-state index in [1.807, 2.05) is 35.0 Å². The molecule has 1 aromatic heterocycles. The van der Waals surface area contributed by atoms with Gasteiger partial charge in [0.25, 0.3) is 0 Å². The van der Waals surface area contributed by atoms with Gasteiger partial charge in [-0.1, -0.05) is 24.3 Å². The number of nitrogens with one attached hydrogen (secondary N) is 1. The predicted molar refractivity (Wildman–Crippen MR) is 113 cm³/mol. The van der Waals surface area contributed by atoms with E-state index in [-0.39, 0.29) is 41.8 Å². The molecule has 2 aromatic rings. The number of carbonyl (C=O) groups excluding carboxylic acids is 1. The van der Waals surface area contributed by atoms with Crippen LogP contribution in [0.15, 0.2) is 54.0 Å². The van der Waals surface area contributed by atoms with Crippen molar-refractivity contribution in [3.63, 3.8) is 0 Å². The number of aromatic nitrogens is 2. The van der Waals surface area contributed by atoms with E-state index in [4.69, 9.17) is 5.73 Å². The second-order valence-corrected chi connectivity index (χ2v) is 7.09. The number of para-hydroxylation sites is 2. The molecule has 4 N–H and O–H groups in total. The molecule has 0 unspecified atom stereocenters. The zero-order valence-electron chi connectivity index (χ0n) is 14.5. The Labute approximate surface area is 177 Å². The van der Waals surface area contributed by atoms with Crippen LogP contribution in [0.25, 0.3) is 11.0 Å². The number of benzene rings is 1. The van der Waals surface area contributed by atoms with Gasteiger partial charge in [0.15, 0.2) is 0 Å². The first-order valence-corrected chi connectivity index (χ1v) is 9.12. The van der Waals surface area contributed by atoms with E-state index in [0.717, 1.165) is 11.0 Å².